The minimum Gasteiger partial charge on any atom is -0.361 e. The molecule has 3 rings (SSSR count). The highest BCUT2D eigenvalue weighted by Gasteiger charge is 2.09. The molecule has 1 amide bonds. The topological polar surface area (TPSA) is 73.6 Å². The largest absolute Gasteiger partial charge is 0.361 e. The Bertz CT molecular complexity index is 710. The quantitative estimate of drug-likeness (QED) is 0.643. The lowest BCUT2D eigenvalue weighted by molar-refractivity contribution is 0.102. The Balaban J connectivity index is 1.89. The van der Waals surface area contributed by atoms with Gasteiger partial charge in [0, 0.05) is 22.8 Å². The Hall–Kier alpha value is -2.56. The van der Waals surface area contributed by atoms with E-state index in [0.29, 0.717) is 11.4 Å². The number of aromatic nitrogens is 3. The van der Waals surface area contributed by atoms with Gasteiger partial charge in [0.15, 0.2) is 0 Å². The highest BCUT2D eigenvalue weighted by atomic mass is 16.1. The number of nitrogens with one attached hydrogen (secondary N) is 3. The summed E-state index contributed by atoms with van der Waals surface area (Å²) in [4.78, 5) is 15.1. The first-order valence-corrected chi connectivity index (χ1v) is 5.62. The molecule has 90 valence electrons. The standard InChI is InChI=1S/C13H12N4O/c1-8-7-15-17-12(8)16-13(18)10-3-2-9-4-5-14-11(9)6-10/h2-7,14H,1H3,(H2,15,16,17,18). The predicted octanol–water partition coefficient (Wildman–Crippen LogP) is 2.45. The van der Waals surface area contributed by atoms with Gasteiger partial charge in [-0.2, -0.15) is 5.10 Å². The highest BCUT2D eigenvalue weighted by Crippen LogP contribution is 2.16. The smallest absolute Gasteiger partial charge is 0.256 e. The van der Waals surface area contributed by atoms with Crippen LogP contribution in [0.15, 0.2) is 36.7 Å². The molecular weight excluding hydrogens is 228 g/mol. The molecule has 0 aliphatic heterocycles. The van der Waals surface area contributed by atoms with E-state index in [2.05, 4.69) is 20.5 Å². The van der Waals surface area contributed by atoms with E-state index in [0.717, 1.165) is 16.5 Å². The summed E-state index contributed by atoms with van der Waals surface area (Å²) in [5, 5.41) is 10.5. The molecule has 18 heavy (non-hydrogen) atoms. The maximum atomic E-state index is 12.1. The number of H-pyrrole nitrogens is 2. The molecule has 0 unspecified atom stereocenters. The van der Waals surface area contributed by atoms with Crippen LogP contribution < -0.4 is 5.32 Å². The summed E-state index contributed by atoms with van der Waals surface area (Å²) in [5.74, 6) is 0.477. The lowest BCUT2D eigenvalue weighted by Gasteiger charge is -2.04. The van der Waals surface area contributed by atoms with E-state index in [1.165, 1.54) is 0 Å². The van der Waals surface area contributed by atoms with Gasteiger partial charge in [-0.3, -0.25) is 9.89 Å². The second-order valence-electron chi connectivity index (χ2n) is 4.16. The van der Waals surface area contributed by atoms with Crippen LogP contribution in [0.1, 0.15) is 15.9 Å². The third-order valence-electron chi connectivity index (χ3n) is 2.88. The number of hydrogen-bond acceptors (Lipinski definition) is 2. The summed E-state index contributed by atoms with van der Waals surface area (Å²) < 4.78 is 0. The van der Waals surface area contributed by atoms with Crippen LogP contribution in [-0.2, 0) is 0 Å². The molecule has 0 spiro atoms. The molecule has 0 bridgehead atoms. The minimum atomic E-state index is -0.154. The van der Waals surface area contributed by atoms with Crippen molar-refractivity contribution in [2.45, 2.75) is 6.92 Å². The van der Waals surface area contributed by atoms with Crippen molar-refractivity contribution in [2.24, 2.45) is 0 Å². The number of aromatic amines is 2. The van der Waals surface area contributed by atoms with Crippen LogP contribution in [0.2, 0.25) is 0 Å². The first kappa shape index (κ1) is 10.6. The number of nitrogens with zero attached hydrogens (tertiary/aromatic N) is 1. The molecular formula is C13H12N4O. The molecule has 0 fully saturated rings. The van der Waals surface area contributed by atoms with Gasteiger partial charge in [-0.1, -0.05) is 6.07 Å². The zero-order valence-electron chi connectivity index (χ0n) is 9.82. The fraction of sp³-hybridized carbons (Fsp3) is 0.0769. The Kier molecular flexibility index (Phi) is 2.37. The molecule has 0 atom stereocenters. The van der Waals surface area contributed by atoms with Crippen LogP contribution in [-0.4, -0.2) is 21.1 Å². The second-order valence-corrected chi connectivity index (χ2v) is 4.16. The van der Waals surface area contributed by atoms with Gasteiger partial charge < -0.3 is 10.3 Å². The zero-order chi connectivity index (χ0) is 12.5. The first-order chi connectivity index (χ1) is 8.74. The third kappa shape index (κ3) is 1.75. The zero-order valence-corrected chi connectivity index (χ0v) is 9.82. The molecule has 1 aromatic carbocycles. The summed E-state index contributed by atoms with van der Waals surface area (Å²) in [7, 11) is 0. The van der Waals surface area contributed by atoms with E-state index in [1.54, 1.807) is 12.3 Å². The fourth-order valence-corrected chi connectivity index (χ4v) is 1.85. The monoisotopic (exact) mass is 240 g/mol. The Labute approximate surface area is 103 Å². The molecule has 2 aromatic heterocycles. The maximum Gasteiger partial charge on any atom is 0.256 e. The fourth-order valence-electron chi connectivity index (χ4n) is 1.85. The molecule has 0 radical (unpaired) electrons. The van der Waals surface area contributed by atoms with Crippen molar-refractivity contribution in [3.8, 4) is 0 Å². The molecule has 3 aromatic rings. The molecule has 0 saturated carbocycles. The van der Waals surface area contributed by atoms with Gasteiger partial charge >= 0.3 is 0 Å². The third-order valence-corrected chi connectivity index (χ3v) is 2.88. The Morgan fingerprint density at radius 2 is 2.22 bits per heavy atom. The number of fused-ring (bicyclic) bond motifs is 1. The van der Waals surface area contributed by atoms with Crippen LogP contribution >= 0.6 is 0 Å². The van der Waals surface area contributed by atoms with Gasteiger partial charge in [-0.25, -0.2) is 0 Å². The number of rotatable bonds is 2. The molecule has 0 aliphatic carbocycles. The van der Waals surface area contributed by atoms with E-state index in [-0.39, 0.29) is 5.91 Å². The van der Waals surface area contributed by atoms with E-state index in [4.69, 9.17) is 0 Å². The normalized spacial score (nSPS) is 10.7. The molecule has 3 N–H and O–H groups in total. The van der Waals surface area contributed by atoms with Crippen LogP contribution in [0, 0.1) is 6.92 Å². The van der Waals surface area contributed by atoms with Crippen molar-refractivity contribution in [3.63, 3.8) is 0 Å². The van der Waals surface area contributed by atoms with E-state index >= 15 is 0 Å². The number of aryl methyl sites for hydroxylation is 1. The SMILES string of the molecule is Cc1cn[nH]c1NC(=O)c1ccc2cc[nH]c2c1. The van der Waals surface area contributed by atoms with E-state index in [1.807, 2.05) is 31.3 Å². The van der Waals surface area contributed by atoms with Crippen molar-refractivity contribution >= 4 is 22.6 Å². The van der Waals surface area contributed by atoms with Gasteiger partial charge in [-0.05, 0) is 30.5 Å². The first-order valence-electron chi connectivity index (χ1n) is 5.62. The molecule has 0 aliphatic rings. The number of anilines is 1. The van der Waals surface area contributed by atoms with Crippen molar-refractivity contribution in [3.05, 3.63) is 47.8 Å². The molecule has 5 heteroatoms. The van der Waals surface area contributed by atoms with Crippen LogP contribution in [0.5, 0.6) is 0 Å². The van der Waals surface area contributed by atoms with Gasteiger partial charge in [0.05, 0.1) is 6.20 Å². The van der Waals surface area contributed by atoms with Crippen molar-refractivity contribution in [1.82, 2.24) is 15.2 Å². The molecule has 2 heterocycles. The summed E-state index contributed by atoms with van der Waals surface area (Å²) in [6.07, 6.45) is 3.52. The summed E-state index contributed by atoms with van der Waals surface area (Å²) in [6, 6.07) is 7.52. The van der Waals surface area contributed by atoms with Gasteiger partial charge in [0.2, 0.25) is 0 Å². The van der Waals surface area contributed by atoms with Crippen LogP contribution in [0.25, 0.3) is 10.9 Å². The summed E-state index contributed by atoms with van der Waals surface area (Å²) >= 11 is 0. The molecule has 0 saturated heterocycles. The van der Waals surface area contributed by atoms with Crippen molar-refractivity contribution < 1.29 is 4.79 Å². The maximum absolute atomic E-state index is 12.1. The van der Waals surface area contributed by atoms with E-state index < -0.39 is 0 Å². The van der Waals surface area contributed by atoms with Crippen molar-refractivity contribution in [1.29, 1.82) is 0 Å². The summed E-state index contributed by atoms with van der Waals surface area (Å²) in [6.45, 7) is 1.88. The number of hydrogen-bond donors (Lipinski definition) is 3. The predicted molar refractivity (Wildman–Crippen MR) is 69.6 cm³/mol. The second kappa shape index (κ2) is 4.03. The Morgan fingerprint density at radius 1 is 1.33 bits per heavy atom. The number of carbonyl (C=O) groups excluding carboxylic acids is 1. The minimum absolute atomic E-state index is 0.154. The number of amides is 1. The Morgan fingerprint density at radius 3 is 3.00 bits per heavy atom. The van der Waals surface area contributed by atoms with Crippen LogP contribution in [0.4, 0.5) is 5.82 Å². The number of benzene rings is 1. The molecule has 5 nitrogen and oxygen atoms in total. The van der Waals surface area contributed by atoms with Crippen LogP contribution in [0.3, 0.4) is 0 Å². The lowest BCUT2D eigenvalue weighted by atomic mass is 10.1. The van der Waals surface area contributed by atoms with Gasteiger partial charge in [0.1, 0.15) is 5.82 Å². The average Bonchev–Trinajstić information content (AvgIpc) is 2.98. The lowest BCUT2D eigenvalue weighted by Crippen LogP contribution is -2.12. The summed E-state index contributed by atoms with van der Waals surface area (Å²) in [5.41, 5.74) is 2.47. The average molecular weight is 240 g/mol. The van der Waals surface area contributed by atoms with E-state index in [9.17, 15) is 4.79 Å². The van der Waals surface area contributed by atoms with Gasteiger partial charge in [-0.15, -0.1) is 0 Å². The van der Waals surface area contributed by atoms with Gasteiger partial charge in [0.25, 0.3) is 5.91 Å². The number of carbonyl (C=O) groups is 1. The van der Waals surface area contributed by atoms with Crippen molar-refractivity contribution in [2.75, 3.05) is 5.32 Å². The highest BCUT2D eigenvalue weighted by molar-refractivity contribution is 6.05.